The number of nitriles is 1. The zero-order chi connectivity index (χ0) is 14.7. The highest BCUT2D eigenvalue weighted by Crippen LogP contribution is 2.30. The van der Waals surface area contributed by atoms with Crippen LogP contribution in [0.4, 0.5) is 19.0 Å². The molecule has 0 radical (unpaired) electrons. The number of halogens is 3. The van der Waals surface area contributed by atoms with Crippen molar-refractivity contribution in [1.29, 1.82) is 5.26 Å². The quantitative estimate of drug-likeness (QED) is 0.901. The minimum absolute atomic E-state index is 0.0106. The minimum Gasteiger partial charge on any atom is -0.364 e. The van der Waals surface area contributed by atoms with Crippen LogP contribution in [0.3, 0.4) is 0 Å². The number of nitrogens with one attached hydrogen (secondary N) is 1. The van der Waals surface area contributed by atoms with Gasteiger partial charge < -0.3 is 5.32 Å². The Morgan fingerprint density at radius 3 is 2.26 bits per heavy atom. The first-order chi connectivity index (χ1) is 8.75. The molecule has 1 aromatic rings. The molecule has 0 fully saturated rings. The van der Waals surface area contributed by atoms with Crippen LogP contribution < -0.4 is 5.32 Å². The largest absolute Gasteiger partial charge is 0.433 e. The van der Waals surface area contributed by atoms with Gasteiger partial charge in [0.15, 0.2) is 0 Å². The SMILES string of the molecule is CCC(C)(CC)Nc1nc(C(F)(F)F)ccc1C#N. The minimum atomic E-state index is -4.51. The maximum atomic E-state index is 12.6. The van der Waals surface area contributed by atoms with Gasteiger partial charge >= 0.3 is 6.18 Å². The number of pyridine rings is 1. The van der Waals surface area contributed by atoms with E-state index in [1.54, 1.807) is 0 Å². The summed E-state index contributed by atoms with van der Waals surface area (Å²) in [6, 6.07) is 3.81. The lowest BCUT2D eigenvalue weighted by atomic mass is 9.95. The van der Waals surface area contributed by atoms with Crippen LogP contribution in [-0.2, 0) is 6.18 Å². The summed E-state index contributed by atoms with van der Waals surface area (Å²) in [5.41, 5.74) is -1.27. The number of alkyl halides is 3. The summed E-state index contributed by atoms with van der Waals surface area (Å²) in [7, 11) is 0. The fourth-order valence-electron chi connectivity index (χ4n) is 1.52. The molecule has 3 nitrogen and oxygen atoms in total. The van der Waals surface area contributed by atoms with Gasteiger partial charge in [0.05, 0.1) is 5.56 Å². The van der Waals surface area contributed by atoms with Crippen molar-refractivity contribution in [3.05, 3.63) is 23.4 Å². The van der Waals surface area contributed by atoms with E-state index in [-0.39, 0.29) is 16.9 Å². The number of aromatic nitrogens is 1. The molecule has 0 aliphatic carbocycles. The van der Waals surface area contributed by atoms with Crippen molar-refractivity contribution < 1.29 is 13.2 Å². The monoisotopic (exact) mass is 271 g/mol. The van der Waals surface area contributed by atoms with Crippen molar-refractivity contribution in [1.82, 2.24) is 4.98 Å². The summed E-state index contributed by atoms with van der Waals surface area (Å²) in [5, 5.41) is 11.9. The molecule has 0 amide bonds. The van der Waals surface area contributed by atoms with Gasteiger partial charge in [0.25, 0.3) is 0 Å². The maximum Gasteiger partial charge on any atom is 0.433 e. The number of rotatable bonds is 4. The Morgan fingerprint density at radius 1 is 1.26 bits per heavy atom. The van der Waals surface area contributed by atoms with Crippen LogP contribution in [0.5, 0.6) is 0 Å². The number of anilines is 1. The first kappa shape index (κ1) is 15.3. The summed E-state index contributed by atoms with van der Waals surface area (Å²) < 4.78 is 37.9. The van der Waals surface area contributed by atoms with E-state index in [0.717, 1.165) is 12.1 Å². The van der Waals surface area contributed by atoms with E-state index in [9.17, 15) is 13.2 Å². The fourth-order valence-corrected chi connectivity index (χ4v) is 1.52. The first-order valence-electron chi connectivity index (χ1n) is 6.02. The molecule has 6 heteroatoms. The van der Waals surface area contributed by atoms with Crippen LogP contribution in [0.25, 0.3) is 0 Å². The lowest BCUT2D eigenvalue weighted by Gasteiger charge is -2.29. The van der Waals surface area contributed by atoms with Crippen LogP contribution >= 0.6 is 0 Å². The standard InChI is InChI=1S/C13H16F3N3/c1-4-12(3,5-2)19-11-9(8-17)6-7-10(18-11)13(14,15)16/h6-7H,4-5H2,1-3H3,(H,18,19). The zero-order valence-corrected chi connectivity index (χ0v) is 11.1. The number of nitrogens with zero attached hydrogens (tertiary/aromatic N) is 2. The second kappa shape index (κ2) is 5.47. The first-order valence-corrected chi connectivity index (χ1v) is 6.02. The van der Waals surface area contributed by atoms with E-state index in [1.165, 1.54) is 0 Å². The predicted molar refractivity (Wildman–Crippen MR) is 66.6 cm³/mol. The molecule has 0 bridgehead atoms. The van der Waals surface area contributed by atoms with Crippen LogP contribution in [0.1, 0.15) is 44.9 Å². The topological polar surface area (TPSA) is 48.7 Å². The average molecular weight is 271 g/mol. The van der Waals surface area contributed by atoms with E-state index in [2.05, 4.69) is 10.3 Å². The Labute approximate surface area is 110 Å². The van der Waals surface area contributed by atoms with Crippen LogP contribution in [0.2, 0.25) is 0 Å². The molecule has 104 valence electrons. The highest BCUT2D eigenvalue weighted by Gasteiger charge is 2.33. The highest BCUT2D eigenvalue weighted by atomic mass is 19.4. The van der Waals surface area contributed by atoms with Crippen molar-refractivity contribution in [2.75, 3.05) is 5.32 Å². The molecule has 19 heavy (non-hydrogen) atoms. The summed E-state index contributed by atoms with van der Waals surface area (Å²) in [5.74, 6) is -0.0106. The van der Waals surface area contributed by atoms with E-state index in [4.69, 9.17) is 5.26 Å². The molecule has 0 saturated heterocycles. The summed E-state index contributed by atoms with van der Waals surface area (Å²) in [4.78, 5) is 3.54. The third-order valence-electron chi connectivity index (χ3n) is 3.29. The Morgan fingerprint density at radius 2 is 1.84 bits per heavy atom. The molecule has 0 saturated carbocycles. The van der Waals surface area contributed by atoms with Crippen LogP contribution in [0, 0.1) is 11.3 Å². The third-order valence-corrected chi connectivity index (χ3v) is 3.29. The van der Waals surface area contributed by atoms with Crippen molar-refractivity contribution >= 4 is 5.82 Å². The summed E-state index contributed by atoms with van der Waals surface area (Å²) >= 11 is 0. The van der Waals surface area contributed by atoms with E-state index < -0.39 is 11.9 Å². The van der Waals surface area contributed by atoms with E-state index in [1.807, 2.05) is 26.8 Å². The Hall–Kier alpha value is -1.77. The molecule has 0 aromatic carbocycles. The third kappa shape index (κ3) is 3.60. The lowest BCUT2D eigenvalue weighted by molar-refractivity contribution is -0.141. The van der Waals surface area contributed by atoms with Gasteiger partial charge in [-0.25, -0.2) is 4.98 Å². The smallest absolute Gasteiger partial charge is 0.364 e. The molecule has 0 unspecified atom stereocenters. The van der Waals surface area contributed by atoms with Gasteiger partial charge in [0.1, 0.15) is 17.6 Å². The van der Waals surface area contributed by atoms with Gasteiger partial charge in [0, 0.05) is 5.54 Å². The average Bonchev–Trinajstić information content (AvgIpc) is 2.37. The molecule has 0 spiro atoms. The Kier molecular flexibility index (Phi) is 4.40. The predicted octanol–water partition coefficient (Wildman–Crippen LogP) is 3.96. The molecule has 1 heterocycles. The van der Waals surface area contributed by atoms with Crippen molar-refractivity contribution in [3.63, 3.8) is 0 Å². The van der Waals surface area contributed by atoms with Crippen molar-refractivity contribution in [2.24, 2.45) is 0 Å². The van der Waals surface area contributed by atoms with Gasteiger partial charge in [-0.05, 0) is 31.9 Å². The van der Waals surface area contributed by atoms with Gasteiger partial charge in [-0.15, -0.1) is 0 Å². The lowest BCUT2D eigenvalue weighted by Crippen LogP contribution is -2.34. The van der Waals surface area contributed by atoms with E-state index in [0.29, 0.717) is 12.8 Å². The Balaban J connectivity index is 3.22. The van der Waals surface area contributed by atoms with E-state index >= 15 is 0 Å². The van der Waals surface area contributed by atoms with Gasteiger partial charge in [-0.3, -0.25) is 0 Å². The molecular weight excluding hydrogens is 255 g/mol. The second-order valence-electron chi connectivity index (χ2n) is 4.59. The summed E-state index contributed by atoms with van der Waals surface area (Å²) in [6.45, 7) is 5.74. The highest BCUT2D eigenvalue weighted by molar-refractivity contribution is 5.53. The normalized spacial score (nSPS) is 12.1. The van der Waals surface area contributed by atoms with Crippen molar-refractivity contribution in [2.45, 2.75) is 45.3 Å². The van der Waals surface area contributed by atoms with Crippen molar-refractivity contribution in [3.8, 4) is 6.07 Å². The molecule has 0 atom stereocenters. The van der Waals surface area contributed by atoms with Crippen LogP contribution in [0.15, 0.2) is 12.1 Å². The maximum absolute atomic E-state index is 12.6. The molecule has 0 aliphatic rings. The van der Waals surface area contributed by atoms with Gasteiger partial charge in [-0.1, -0.05) is 13.8 Å². The van der Waals surface area contributed by atoms with Crippen LogP contribution in [-0.4, -0.2) is 10.5 Å². The zero-order valence-electron chi connectivity index (χ0n) is 11.1. The fraction of sp³-hybridized carbons (Fsp3) is 0.538. The second-order valence-corrected chi connectivity index (χ2v) is 4.59. The summed E-state index contributed by atoms with van der Waals surface area (Å²) in [6.07, 6.45) is -3.09. The van der Waals surface area contributed by atoms with Gasteiger partial charge in [-0.2, -0.15) is 18.4 Å². The number of hydrogen-bond donors (Lipinski definition) is 1. The molecule has 1 rings (SSSR count). The molecule has 1 aromatic heterocycles. The Bertz CT molecular complexity index is 485. The molecule has 0 aliphatic heterocycles. The molecular formula is C13H16F3N3. The van der Waals surface area contributed by atoms with Gasteiger partial charge in [0.2, 0.25) is 0 Å². The number of hydrogen-bond acceptors (Lipinski definition) is 3. The molecule has 1 N–H and O–H groups in total.